The quantitative estimate of drug-likeness (QED) is 0.816. The van der Waals surface area contributed by atoms with Crippen molar-refractivity contribution in [2.24, 2.45) is 0 Å². The van der Waals surface area contributed by atoms with Crippen LogP contribution < -0.4 is 10.1 Å². The van der Waals surface area contributed by atoms with E-state index in [4.69, 9.17) is 4.74 Å². The van der Waals surface area contributed by atoms with E-state index >= 15 is 0 Å². The minimum Gasteiger partial charge on any atom is -0.497 e. The highest BCUT2D eigenvalue weighted by atomic mass is 32.2. The molecular weight excluding hydrogens is 316 g/mol. The fraction of sp³-hybridized carbons (Fsp3) is 0.562. The van der Waals surface area contributed by atoms with Crippen LogP contribution in [0.1, 0.15) is 31.2 Å². The van der Waals surface area contributed by atoms with Gasteiger partial charge in [-0.1, -0.05) is 25.0 Å². The molecule has 0 atom stereocenters. The van der Waals surface area contributed by atoms with Gasteiger partial charge in [-0.05, 0) is 30.5 Å². The van der Waals surface area contributed by atoms with Crippen molar-refractivity contribution in [3.8, 4) is 5.75 Å². The van der Waals surface area contributed by atoms with Crippen LogP contribution in [-0.2, 0) is 21.4 Å². The summed E-state index contributed by atoms with van der Waals surface area (Å²) in [5.74, 6) is 0.467. The van der Waals surface area contributed by atoms with Gasteiger partial charge in [0.15, 0.2) is 0 Å². The number of carbonyl (C=O) groups is 1. The summed E-state index contributed by atoms with van der Waals surface area (Å²) in [5.41, 5.74) is 0.810. The van der Waals surface area contributed by atoms with Crippen LogP contribution >= 0.6 is 0 Å². The number of ether oxygens (including phenoxy) is 1. The third kappa shape index (κ3) is 5.51. The zero-order chi connectivity index (χ0) is 16.9. The lowest BCUT2D eigenvalue weighted by molar-refractivity contribution is -0.122. The Hall–Kier alpha value is -1.60. The first-order valence-electron chi connectivity index (χ1n) is 7.76. The summed E-state index contributed by atoms with van der Waals surface area (Å²) < 4.78 is 30.2. The maximum Gasteiger partial charge on any atom is 0.235 e. The largest absolute Gasteiger partial charge is 0.497 e. The number of carbonyl (C=O) groups excluding carboxylic acids is 1. The highest BCUT2D eigenvalue weighted by Gasteiger charge is 2.23. The molecule has 0 aliphatic heterocycles. The van der Waals surface area contributed by atoms with Crippen molar-refractivity contribution in [2.45, 2.75) is 38.3 Å². The minimum absolute atomic E-state index is 0.151. The van der Waals surface area contributed by atoms with E-state index in [1.54, 1.807) is 31.4 Å². The van der Waals surface area contributed by atoms with E-state index in [-0.39, 0.29) is 25.0 Å². The molecule has 1 aliphatic rings. The molecule has 23 heavy (non-hydrogen) atoms. The first kappa shape index (κ1) is 17.7. The second-order valence-electron chi connectivity index (χ2n) is 5.93. The lowest BCUT2D eigenvalue weighted by Crippen LogP contribution is -2.42. The van der Waals surface area contributed by atoms with E-state index in [1.807, 2.05) is 0 Å². The second kappa shape index (κ2) is 7.79. The molecule has 0 aromatic heterocycles. The molecule has 2 rings (SSSR count). The van der Waals surface area contributed by atoms with Crippen LogP contribution in [0, 0.1) is 0 Å². The fourth-order valence-corrected chi connectivity index (χ4v) is 3.46. The van der Waals surface area contributed by atoms with E-state index in [0.29, 0.717) is 5.75 Å². The van der Waals surface area contributed by atoms with Crippen molar-refractivity contribution in [3.05, 3.63) is 29.8 Å². The van der Waals surface area contributed by atoms with Crippen molar-refractivity contribution < 1.29 is 17.9 Å². The normalized spacial score (nSPS) is 15.8. The van der Waals surface area contributed by atoms with Crippen LogP contribution in [-0.4, -0.2) is 44.6 Å². The summed E-state index contributed by atoms with van der Waals surface area (Å²) in [6.45, 7) is 0.0161. The molecule has 1 aromatic rings. The van der Waals surface area contributed by atoms with Gasteiger partial charge in [-0.3, -0.25) is 4.79 Å². The maximum atomic E-state index is 12.1. The number of rotatable bonds is 7. The molecule has 7 heteroatoms. The van der Waals surface area contributed by atoms with Gasteiger partial charge in [0, 0.05) is 12.6 Å². The number of amides is 1. The van der Waals surface area contributed by atoms with E-state index in [0.717, 1.165) is 37.5 Å². The van der Waals surface area contributed by atoms with Crippen LogP contribution in [0.4, 0.5) is 0 Å². The number of hydrogen-bond acceptors (Lipinski definition) is 4. The van der Waals surface area contributed by atoms with Gasteiger partial charge in [0.05, 0.1) is 19.9 Å². The Bertz CT molecular complexity index is 622. The number of nitrogens with zero attached hydrogens (tertiary/aromatic N) is 1. The molecule has 1 amide bonds. The second-order valence-corrected chi connectivity index (χ2v) is 7.91. The first-order valence-corrected chi connectivity index (χ1v) is 9.61. The molecule has 0 spiro atoms. The summed E-state index contributed by atoms with van der Waals surface area (Å²) >= 11 is 0. The van der Waals surface area contributed by atoms with Crippen LogP contribution in [0.15, 0.2) is 24.3 Å². The standard InChI is InChI=1S/C16H24N2O4S/c1-22-15-9-7-13(8-10-15)11-18(23(2,20)21)12-16(19)17-14-5-3-4-6-14/h7-10,14H,3-6,11-12H2,1-2H3,(H,17,19). The molecule has 128 valence electrons. The molecule has 1 saturated carbocycles. The van der Waals surface area contributed by atoms with Crippen LogP contribution in [0.3, 0.4) is 0 Å². The maximum absolute atomic E-state index is 12.1. The lowest BCUT2D eigenvalue weighted by atomic mass is 10.2. The molecule has 1 aromatic carbocycles. The van der Waals surface area contributed by atoms with Crippen LogP contribution in [0.25, 0.3) is 0 Å². The van der Waals surface area contributed by atoms with E-state index in [9.17, 15) is 13.2 Å². The van der Waals surface area contributed by atoms with Crippen LogP contribution in [0.5, 0.6) is 5.75 Å². The Balaban J connectivity index is 2.00. The molecule has 0 radical (unpaired) electrons. The van der Waals surface area contributed by atoms with Crippen molar-refractivity contribution >= 4 is 15.9 Å². The van der Waals surface area contributed by atoms with Gasteiger partial charge < -0.3 is 10.1 Å². The van der Waals surface area contributed by atoms with Gasteiger partial charge in [0.2, 0.25) is 15.9 Å². The third-order valence-electron chi connectivity index (χ3n) is 4.03. The van der Waals surface area contributed by atoms with Gasteiger partial charge in [-0.2, -0.15) is 4.31 Å². The van der Waals surface area contributed by atoms with E-state index in [2.05, 4.69) is 5.32 Å². The zero-order valence-electron chi connectivity index (χ0n) is 13.6. The summed E-state index contributed by atoms with van der Waals surface area (Å²) in [6.07, 6.45) is 5.31. The van der Waals surface area contributed by atoms with Gasteiger partial charge in [0.1, 0.15) is 5.75 Å². The van der Waals surface area contributed by atoms with E-state index in [1.165, 1.54) is 4.31 Å². The molecule has 1 N–H and O–H groups in total. The summed E-state index contributed by atoms with van der Waals surface area (Å²) in [7, 11) is -1.89. The van der Waals surface area contributed by atoms with Crippen molar-refractivity contribution in [1.82, 2.24) is 9.62 Å². The number of nitrogens with one attached hydrogen (secondary N) is 1. The average molecular weight is 340 g/mol. The fourth-order valence-electron chi connectivity index (χ4n) is 2.73. The smallest absolute Gasteiger partial charge is 0.235 e. The molecule has 0 saturated heterocycles. The summed E-state index contributed by atoms with van der Waals surface area (Å²) in [6, 6.07) is 7.32. The molecule has 0 heterocycles. The SMILES string of the molecule is COc1ccc(CN(CC(=O)NC2CCCC2)S(C)(=O)=O)cc1. The number of methoxy groups -OCH3 is 1. The Morgan fingerprint density at radius 3 is 2.39 bits per heavy atom. The Morgan fingerprint density at radius 2 is 1.87 bits per heavy atom. The Labute approximate surface area is 137 Å². The minimum atomic E-state index is -3.47. The Kier molecular flexibility index (Phi) is 6.01. The van der Waals surface area contributed by atoms with Crippen molar-refractivity contribution in [3.63, 3.8) is 0 Å². The molecule has 0 unspecified atom stereocenters. The van der Waals surface area contributed by atoms with Gasteiger partial charge >= 0.3 is 0 Å². The van der Waals surface area contributed by atoms with Gasteiger partial charge in [0.25, 0.3) is 0 Å². The number of sulfonamides is 1. The number of hydrogen-bond donors (Lipinski definition) is 1. The predicted octanol–water partition coefficient (Wildman–Crippen LogP) is 1.52. The van der Waals surface area contributed by atoms with Crippen LogP contribution in [0.2, 0.25) is 0 Å². The van der Waals surface area contributed by atoms with Gasteiger partial charge in [-0.15, -0.1) is 0 Å². The Morgan fingerprint density at radius 1 is 1.26 bits per heavy atom. The van der Waals surface area contributed by atoms with Crippen molar-refractivity contribution in [1.29, 1.82) is 0 Å². The summed E-state index contributed by atoms with van der Waals surface area (Å²) in [5, 5.41) is 2.92. The molecular formula is C16H24N2O4S. The van der Waals surface area contributed by atoms with E-state index < -0.39 is 10.0 Å². The average Bonchev–Trinajstić information content (AvgIpc) is 2.99. The topological polar surface area (TPSA) is 75.7 Å². The molecule has 6 nitrogen and oxygen atoms in total. The number of benzene rings is 1. The molecule has 1 aliphatic carbocycles. The molecule has 1 fully saturated rings. The van der Waals surface area contributed by atoms with Gasteiger partial charge in [-0.25, -0.2) is 8.42 Å². The predicted molar refractivity (Wildman–Crippen MR) is 88.6 cm³/mol. The highest BCUT2D eigenvalue weighted by Crippen LogP contribution is 2.18. The monoisotopic (exact) mass is 340 g/mol. The van der Waals surface area contributed by atoms with Crippen molar-refractivity contribution in [2.75, 3.05) is 19.9 Å². The summed E-state index contributed by atoms with van der Waals surface area (Å²) in [4.78, 5) is 12.1. The highest BCUT2D eigenvalue weighted by molar-refractivity contribution is 7.88. The molecule has 0 bridgehead atoms. The lowest BCUT2D eigenvalue weighted by Gasteiger charge is -2.21. The zero-order valence-corrected chi connectivity index (χ0v) is 14.4. The third-order valence-corrected chi connectivity index (χ3v) is 5.22. The first-order chi connectivity index (χ1) is 10.9.